The summed E-state index contributed by atoms with van der Waals surface area (Å²) in [5.74, 6) is 4.51. The van der Waals surface area contributed by atoms with E-state index >= 15 is 0 Å². The zero-order valence-electron chi connectivity index (χ0n) is 23.6. The molecule has 2 aliphatic heterocycles. The van der Waals surface area contributed by atoms with Crippen LogP contribution in [0.5, 0.6) is 34.6 Å². The van der Waals surface area contributed by atoms with Crippen molar-refractivity contribution in [2.45, 2.75) is 26.2 Å². The first-order valence-corrected chi connectivity index (χ1v) is 14.2. The van der Waals surface area contributed by atoms with Gasteiger partial charge in [-0.05, 0) is 81.9 Å². The first-order valence-electron chi connectivity index (χ1n) is 14.2. The minimum Gasteiger partial charge on any atom is -0.458 e. The van der Waals surface area contributed by atoms with Crippen LogP contribution in [0.2, 0.25) is 0 Å². The van der Waals surface area contributed by atoms with Crippen molar-refractivity contribution in [3.8, 4) is 45.9 Å². The van der Waals surface area contributed by atoms with Crippen LogP contribution in [0.25, 0.3) is 22.0 Å². The van der Waals surface area contributed by atoms with Gasteiger partial charge in [-0.2, -0.15) is 0 Å². The smallest absolute Gasteiger partial charge is 0.260 e. The molecular weight excluding hydrogens is 519 g/mol. The summed E-state index contributed by atoms with van der Waals surface area (Å²) in [6.07, 6.45) is 3.68. The molecule has 2 aliphatic rings. The van der Waals surface area contributed by atoms with Crippen LogP contribution in [-0.2, 0) is 5.41 Å². The van der Waals surface area contributed by atoms with Crippen LogP contribution in [0.1, 0.15) is 26.3 Å². The monoisotopic (exact) mass is 546 g/mol. The number of pyridine rings is 2. The van der Waals surface area contributed by atoms with Gasteiger partial charge in [0, 0.05) is 34.9 Å². The second-order valence-corrected chi connectivity index (χ2v) is 11.9. The number of aromatic nitrogens is 2. The third-order valence-corrected chi connectivity index (χ3v) is 8.14. The second kappa shape index (κ2) is 9.21. The van der Waals surface area contributed by atoms with E-state index in [2.05, 4.69) is 74.3 Å². The largest absolute Gasteiger partial charge is 0.458 e. The molecule has 0 radical (unpaired) electrons. The van der Waals surface area contributed by atoms with Crippen molar-refractivity contribution >= 4 is 33.9 Å². The van der Waals surface area contributed by atoms with Crippen molar-refractivity contribution in [2.24, 2.45) is 0 Å². The SMILES string of the molecule is CC(C)(C)c1ccnc(Oc2ccc3c(c2)B2c4cc(-c5nccc6ccccc56)ccc4Oc4cccc(c42)O3)c1. The number of hydrogen-bond donors (Lipinski definition) is 0. The van der Waals surface area contributed by atoms with E-state index < -0.39 is 0 Å². The molecule has 0 N–H and O–H groups in total. The Morgan fingerprint density at radius 1 is 0.667 bits per heavy atom. The van der Waals surface area contributed by atoms with Crippen molar-refractivity contribution in [1.29, 1.82) is 0 Å². The van der Waals surface area contributed by atoms with Gasteiger partial charge in [-0.1, -0.05) is 57.2 Å². The first kappa shape index (κ1) is 24.7. The summed E-state index contributed by atoms with van der Waals surface area (Å²) in [4.78, 5) is 9.28. The van der Waals surface area contributed by atoms with E-state index in [4.69, 9.17) is 19.2 Å². The van der Waals surface area contributed by atoms with Crippen LogP contribution < -0.4 is 30.6 Å². The van der Waals surface area contributed by atoms with E-state index in [1.807, 2.05) is 54.7 Å². The first-order chi connectivity index (χ1) is 20.4. The molecule has 202 valence electrons. The van der Waals surface area contributed by atoms with Crippen LogP contribution in [0.15, 0.2) is 109 Å². The van der Waals surface area contributed by atoms with Gasteiger partial charge in [0.2, 0.25) is 5.88 Å². The molecular formula is C36H27BN2O3. The highest BCUT2D eigenvalue weighted by Crippen LogP contribution is 2.37. The predicted octanol–water partition coefficient (Wildman–Crippen LogP) is 7.11. The number of nitrogens with zero attached hydrogens (tertiary/aromatic N) is 2. The van der Waals surface area contributed by atoms with E-state index in [-0.39, 0.29) is 12.1 Å². The standard InChI is InChI=1S/C36H27BN2O3/c1-36(2,3)24-16-18-38-33(20-24)40-25-12-14-30-28(21-25)37-27-19-23(35-26-8-5-4-7-22(26)15-17-39-35)11-13-29(27)41-31-9-6-10-32(42-30)34(31)37/h4-21H,1-3H3. The van der Waals surface area contributed by atoms with Crippen molar-refractivity contribution in [3.63, 3.8) is 0 Å². The van der Waals surface area contributed by atoms with Crippen molar-refractivity contribution in [1.82, 2.24) is 9.97 Å². The molecule has 0 amide bonds. The maximum Gasteiger partial charge on any atom is 0.260 e. The molecule has 6 aromatic rings. The fourth-order valence-electron chi connectivity index (χ4n) is 6.03. The predicted molar refractivity (Wildman–Crippen MR) is 168 cm³/mol. The van der Waals surface area contributed by atoms with Crippen molar-refractivity contribution in [2.75, 3.05) is 0 Å². The lowest BCUT2D eigenvalue weighted by Gasteiger charge is -2.33. The van der Waals surface area contributed by atoms with Crippen LogP contribution >= 0.6 is 0 Å². The highest BCUT2D eigenvalue weighted by molar-refractivity contribution is 6.98. The zero-order chi connectivity index (χ0) is 28.4. The van der Waals surface area contributed by atoms with Crippen LogP contribution in [0, 0.1) is 0 Å². The van der Waals surface area contributed by atoms with Gasteiger partial charge < -0.3 is 14.2 Å². The molecule has 0 unspecified atom stereocenters. The van der Waals surface area contributed by atoms with Gasteiger partial charge in [-0.25, -0.2) is 4.98 Å². The summed E-state index contributed by atoms with van der Waals surface area (Å²) in [6, 6.07) is 32.8. The summed E-state index contributed by atoms with van der Waals surface area (Å²) >= 11 is 0. The van der Waals surface area contributed by atoms with Gasteiger partial charge >= 0.3 is 0 Å². The van der Waals surface area contributed by atoms with Crippen LogP contribution in [0.3, 0.4) is 0 Å². The number of fused-ring (bicyclic) bond motifs is 5. The molecule has 8 rings (SSSR count). The Bertz CT molecular complexity index is 2010. The fraction of sp³-hybridized carbons (Fsp3) is 0.111. The van der Waals surface area contributed by atoms with Gasteiger partial charge in [0.25, 0.3) is 6.71 Å². The quantitative estimate of drug-likeness (QED) is 0.221. The van der Waals surface area contributed by atoms with Crippen molar-refractivity contribution < 1.29 is 14.2 Å². The molecule has 5 nitrogen and oxygen atoms in total. The Morgan fingerprint density at radius 2 is 1.40 bits per heavy atom. The van der Waals surface area contributed by atoms with E-state index in [0.29, 0.717) is 11.6 Å². The average molecular weight is 546 g/mol. The molecule has 42 heavy (non-hydrogen) atoms. The number of rotatable bonds is 3. The normalized spacial score (nSPS) is 13.0. The highest BCUT2D eigenvalue weighted by Gasteiger charge is 2.40. The lowest BCUT2D eigenvalue weighted by atomic mass is 9.34. The maximum absolute atomic E-state index is 6.45. The van der Waals surface area contributed by atoms with E-state index in [0.717, 1.165) is 61.4 Å². The minimum absolute atomic E-state index is 0.00664. The molecule has 0 fully saturated rings. The summed E-state index contributed by atoms with van der Waals surface area (Å²) in [5.41, 5.74) is 6.25. The Kier molecular flexibility index (Phi) is 5.41. The summed E-state index contributed by atoms with van der Waals surface area (Å²) in [6.45, 7) is 6.45. The molecule has 0 saturated carbocycles. The van der Waals surface area contributed by atoms with Gasteiger partial charge in [0.15, 0.2) is 0 Å². The number of ether oxygens (including phenoxy) is 3. The molecule has 0 saturated heterocycles. The lowest BCUT2D eigenvalue weighted by Crippen LogP contribution is -2.57. The van der Waals surface area contributed by atoms with Gasteiger partial charge in [0.05, 0.1) is 5.69 Å². The van der Waals surface area contributed by atoms with E-state index in [1.54, 1.807) is 6.20 Å². The third kappa shape index (κ3) is 4.02. The van der Waals surface area contributed by atoms with Crippen LogP contribution in [-0.4, -0.2) is 16.7 Å². The third-order valence-electron chi connectivity index (χ3n) is 8.14. The lowest BCUT2D eigenvalue weighted by molar-refractivity contribution is 0.452. The average Bonchev–Trinajstić information content (AvgIpc) is 3.00. The molecule has 0 spiro atoms. The maximum atomic E-state index is 6.45. The Hall–Kier alpha value is -5.10. The Morgan fingerprint density at radius 3 is 2.21 bits per heavy atom. The Labute approximate surface area is 244 Å². The van der Waals surface area contributed by atoms with Crippen molar-refractivity contribution in [3.05, 3.63) is 115 Å². The molecule has 4 aromatic carbocycles. The molecule has 0 atom stereocenters. The topological polar surface area (TPSA) is 53.5 Å². The molecule has 6 heteroatoms. The molecule has 2 aromatic heterocycles. The second-order valence-electron chi connectivity index (χ2n) is 11.9. The molecule has 4 heterocycles. The highest BCUT2D eigenvalue weighted by atomic mass is 16.5. The number of benzene rings is 4. The van der Waals surface area contributed by atoms with Gasteiger partial charge in [0.1, 0.15) is 28.7 Å². The van der Waals surface area contributed by atoms with Gasteiger partial charge in [-0.3, -0.25) is 4.98 Å². The number of hydrogen-bond acceptors (Lipinski definition) is 5. The summed E-state index contributed by atoms with van der Waals surface area (Å²) in [7, 11) is 0. The van der Waals surface area contributed by atoms with Gasteiger partial charge in [-0.15, -0.1) is 0 Å². The van der Waals surface area contributed by atoms with E-state index in [1.165, 1.54) is 5.56 Å². The fourth-order valence-corrected chi connectivity index (χ4v) is 6.03. The summed E-state index contributed by atoms with van der Waals surface area (Å²) < 4.78 is 19.2. The summed E-state index contributed by atoms with van der Waals surface area (Å²) in [5, 5.41) is 2.28. The Balaban J connectivity index is 1.26. The van der Waals surface area contributed by atoms with Crippen LogP contribution in [0.4, 0.5) is 0 Å². The zero-order valence-corrected chi connectivity index (χ0v) is 23.6. The minimum atomic E-state index is -0.101. The molecule has 0 aliphatic carbocycles. The van der Waals surface area contributed by atoms with E-state index in [9.17, 15) is 0 Å². The molecule has 0 bridgehead atoms.